The van der Waals surface area contributed by atoms with E-state index in [1.165, 1.54) is 22.4 Å². The van der Waals surface area contributed by atoms with Crippen molar-refractivity contribution in [3.63, 3.8) is 0 Å². The Morgan fingerprint density at radius 1 is 1.30 bits per heavy atom. The topological polar surface area (TPSA) is 56.7 Å². The maximum Gasteiger partial charge on any atom is 0.144 e. The first kappa shape index (κ1) is 13.0. The van der Waals surface area contributed by atoms with E-state index in [2.05, 4.69) is 48.6 Å². The number of quaternary nitrogens is 1. The van der Waals surface area contributed by atoms with Gasteiger partial charge >= 0.3 is 0 Å². The molecule has 20 heavy (non-hydrogen) atoms. The average molecular weight is 270 g/mol. The van der Waals surface area contributed by atoms with E-state index in [1.54, 1.807) is 12.7 Å². The van der Waals surface area contributed by atoms with Gasteiger partial charge in [-0.15, -0.1) is 0 Å². The van der Waals surface area contributed by atoms with Crippen LogP contribution in [0.2, 0.25) is 0 Å². The van der Waals surface area contributed by atoms with Crippen molar-refractivity contribution in [1.29, 1.82) is 0 Å². The Balaban J connectivity index is 1.96. The summed E-state index contributed by atoms with van der Waals surface area (Å²) in [5.41, 5.74) is 11.0. The lowest BCUT2D eigenvalue weighted by Gasteiger charge is -2.21. The Labute approximate surface area is 118 Å². The first-order valence-electron chi connectivity index (χ1n) is 6.82. The molecule has 0 spiro atoms. The summed E-state index contributed by atoms with van der Waals surface area (Å²) in [6, 6.07) is 6.63. The van der Waals surface area contributed by atoms with E-state index < -0.39 is 0 Å². The van der Waals surface area contributed by atoms with Crippen LogP contribution in [0.5, 0.6) is 0 Å². The van der Waals surface area contributed by atoms with Gasteiger partial charge in [0.05, 0.1) is 20.6 Å². The van der Waals surface area contributed by atoms with Gasteiger partial charge in [0, 0.05) is 17.2 Å². The van der Waals surface area contributed by atoms with Crippen molar-refractivity contribution in [1.82, 2.24) is 19.2 Å². The number of hydrogen-bond acceptors (Lipinski definition) is 3. The summed E-state index contributed by atoms with van der Waals surface area (Å²) in [6.07, 6.45) is 6.51. The highest BCUT2D eigenvalue weighted by Gasteiger charge is 2.30. The molecule has 5 heteroatoms. The van der Waals surface area contributed by atoms with Crippen molar-refractivity contribution in [3.8, 4) is 0 Å². The molecule has 0 bridgehead atoms. The van der Waals surface area contributed by atoms with E-state index in [1.807, 2.05) is 4.68 Å². The summed E-state index contributed by atoms with van der Waals surface area (Å²) in [4.78, 5) is 3.98. The molecule has 0 aliphatic carbocycles. The molecule has 1 aromatic heterocycles. The standard InChI is InChI=1S/C15H20N5/c1-20(2)9-13(5-6-16)14-7-12(3-4-15(14)20)8-19-11-17-10-18-19/h3-4,7,9-11H,5-6,8,16H2,1-2H3/q+1. The molecular weight excluding hydrogens is 250 g/mol. The Kier molecular flexibility index (Phi) is 3.16. The lowest BCUT2D eigenvalue weighted by atomic mass is 10.0. The van der Waals surface area contributed by atoms with Crippen molar-refractivity contribution in [2.24, 2.45) is 5.73 Å². The second kappa shape index (κ2) is 4.85. The lowest BCUT2D eigenvalue weighted by Crippen LogP contribution is -2.31. The minimum Gasteiger partial charge on any atom is -0.330 e. The fraction of sp³-hybridized carbons (Fsp3) is 0.333. The van der Waals surface area contributed by atoms with Crippen molar-refractivity contribution >= 4 is 11.3 Å². The molecule has 2 heterocycles. The normalized spacial score (nSPS) is 16.1. The largest absolute Gasteiger partial charge is 0.330 e. The number of fused-ring (bicyclic) bond motifs is 1. The monoisotopic (exact) mass is 270 g/mol. The van der Waals surface area contributed by atoms with Crippen molar-refractivity contribution in [2.75, 3.05) is 20.6 Å². The van der Waals surface area contributed by atoms with E-state index in [0.717, 1.165) is 17.4 Å². The van der Waals surface area contributed by atoms with E-state index in [-0.39, 0.29) is 0 Å². The van der Waals surface area contributed by atoms with Gasteiger partial charge in [-0.25, -0.2) is 9.67 Å². The fourth-order valence-corrected chi connectivity index (χ4v) is 2.83. The van der Waals surface area contributed by atoms with Gasteiger partial charge in [-0.2, -0.15) is 5.10 Å². The van der Waals surface area contributed by atoms with Gasteiger partial charge in [0.25, 0.3) is 0 Å². The fourth-order valence-electron chi connectivity index (χ4n) is 2.83. The van der Waals surface area contributed by atoms with Crippen molar-refractivity contribution < 1.29 is 0 Å². The third-order valence-corrected chi connectivity index (χ3v) is 3.73. The summed E-state index contributed by atoms with van der Waals surface area (Å²) in [5, 5.41) is 4.16. The first-order valence-corrected chi connectivity index (χ1v) is 6.82. The van der Waals surface area contributed by atoms with Crippen LogP contribution in [0.1, 0.15) is 17.5 Å². The molecule has 0 saturated heterocycles. The number of nitrogens with two attached hydrogens (primary N) is 1. The van der Waals surface area contributed by atoms with Crippen LogP contribution in [0.4, 0.5) is 5.69 Å². The summed E-state index contributed by atoms with van der Waals surface area (Å²) < 4.78 is 2.62. The van der Waals surface area contributed by atoms with E-state index in [9.17, 15) is 0 Å². The van der Waals surface area contributed by atoms with Gasteiger partial charge in [-0.3, -0.25) is 4.48 Å². The molecule has 104 valence electrons. The molecule has 0 unspecified atom stereocenters. The number of benzene rings is 1. The van der Waals surface area contributed by atoms with Crippen molar-refractivity contribution in [3.05, 3.63) is 48.2 Å². The summed E-state index contributed by atoms with van der Waals surface area (Å²) >= 11 is 0. The molecule has 0 atom stereocenters. The van der Waals surface area contributed by atoms with Crippen molar-refractivity contribution in [2.45, 2.75) is 13.0 Å². The Hall–Kier alpha value is -1.98. The van der Waals surface area contributed by atoms with Crippen LogP contribution in [0.3, 0.4) is 0 Å². The van der Waals surface area contributed by atoms with Gasteiger partial charge in [0.2, 0.25) is 0 Å². The van der Waals surface area contributed by atoms with Gasteiger partial charge in [-0.1, -0.05) is 6.07 Å². The predicted molar refractivity (Wildman–Crippen MR) is 80.9 cm³/mol. The highest BCUT2D eigenvalue weighted by molar-refractivity contribution is 5.82. The molecular formula is C15H20N5+. The second-order valence-corrected chi connectivity index (χ2v) is 5.68. The quantitative estimate of drug-likeness (QED) is 0.859. The van der Waals surface area contributed by atoms with Gasteiger partial charge < -0.3 is 5.73 Å². The summed E-state index contributed by atoms with van der Waals surface area (Å²) in [7, 11) is 4.39. The SMILES string of the molecule is C[N+]1(C)C=C(CCN)c2cc(Cn3cncn3)ccc21. The van der Waals surface area contributed by atoms with E-state index in [4.69, 9.17) is 5.73 Å². The zero-order valence-electron chi connectivity index (χ0n) is 12.0. The smallest absolute Gasteiger partial charge is 0.144 e. The third-order valence-electron chi connectivity index (χ3n) is 3.73. The first-order chi connectivity index (χ1) is 9.60. The van der Waals surface area contributed by atoms with Crippen LogP contribution in [-0.4, -0.2) is 35.4 Å². The minimum absolute atomic E-state index is 0.679. The van der Waals surface area contributed by atoms with Crippen LogP contribution in [-0.2, 0) is 6.54 Å². The third kappa shape index (κ3) is 2.26. The molecule has 5 nitrogen and oxygen atoms in total. The maximum absolute atomic E-state index is 5.73. The molecule has 1 aromatic carbocycles. The van der Waals surface area contributed by atoms with Crippen LogP contribution < -0.4 is 10.2 Å². The molecule has 1 aliphatic heterocycles. The second-order valence-electron chi connectivity index (χ2n) is 5.68. The highest BCUT2D eigenvalue weighted by atomic mass is 15.3. The molecule has 0 radical (unpaired) electrons. The van der Waals surface area contributed by atoms with Crippen LogP contribution in [0, 0.1) is 0 Å². The van der Waals surface area contributed by atoms with E-state index >= 15 is 0 Å². The number of rotatable bonds is 4. The van der Waals surface area contributed by atoms with Gasteiger partial charge in [0.15, 0.2) is 0 Å². The molecule has 3 rings (SSSR count). The van der Waals surface area contributed by atoms with Crippen LogP contribution in [0.25, 0.3) is 5.57 Å². The van der Waals surface area contributed by atoms with Gasteiger partial charge in [0.1, 0.15) is 24.5 Å². The molecule has 0 amide bonds. The number of aromatic nitrogens is 3. The predicted octanol–water partition coefficient (Wildman–Crippen LogP) is 1.60. The zero-order valence-corrected chi connectivity index (χ0v) is 12.0. The summed E-state index contributed by atoms with van der Waals surface area (Å²) in [5.74, 6) is 0. The molecule has 0 fully saturated rings. The Morgan fingerprint density at radius 3 is 2.85 bits per heavy atom. The molecule has 2 N–H and O–H groups in total. The zero-order chi connectivity index (χ0) is 14.2. The molecule has 1 aliphatic rings. The number of hydrogen-bond donors (Lipinski definition) is 1. The maximum atomic E-state index is 5.73. The molecule has 0 saturated carbocycles. The Bertz CT molecular complexity index is 640. The highest BCUT2D eigenvalue weighted by Crippen LogP contribution is 2.39. The number of nitrogens with zero attached hydrogens (tertiary/aromatic N) is 4. The minimum atomic E-state index is 0.679. The van der Waals surface area contributed by atoms with Crippen LogP contribution in [0.15, 0.2) is 37.1 Å². The van der Waals surface area contributed by atoms with Crippen LogP contribution >= 0.6 is 0 Å². The Morgan fingerprint density at radius 2 is 2.15 bits per heavy atom. The average Bonchev–Trinajstić information content (AvgIpc) is 2.98. The van der Waals surface area contributed by atoms with Gasteiger partial charge in [-0.05, 0) is 24.6 Å². The lowest BCUT2D eigenvalue weighted by molar-refractivity contribution is 0.549. The molecule has 2 aromatic rings. The van der Waals surface area contributed by atoms with E-state index in [0.29, 0.717) is 6.54 Å². The summed E-state index contributed by atoms with van der Waals surface area (Å²) in [6.45, 7) is 1.43.